The lowest BCUT2D eigenvalue weighted by molar-refractivity contribution is -0.144. The molecule has 2 heterocycles. The highest BCUT2D eigenvalue weighted by Crippen LogP contribution is 2.21. The molecular formula is C19H20N2O3S2. The molecule has 2 aromatic heterocycles. The van der Waals surface area contributed by atoms with E-state index >= 15 is 0 Å². The van der Waals surface area contributed by atoms with Crippen LogP contribution in [0.25, 0.3) is 10.2 Å². The molecule has 0 bridgehead atoms. The molecular weight excluding hydrogens is 368 g/mol. The van der Waals surface area contributed by atoms with Crippen LogP contribution in [0.15, 0.2) is 41.2 Å². The second-order valence-electron chi connectivity index (χ2n) is 5.94. The molecule has 5 nitrogen and oxygen atoms in total. The third-order valence-electron chi connectivity index (χ3n) is 4.08. The summed E-state index contributed by atoms with van der Waals surface area (Å²) in [5.41, 5.74) is 0.956. The number of aromatic nitrogens is 2. The molecule has 26 heavy (non-hydrogen) atoms. The van der Waals surface area contributed by atoms with E-state index in [1.54, 1.807) is 0 Å². The molecule has 0 aliphatic rings. The van der Waals surface area contributed by atoms with E-state index in [0.717, 1.165) is 29.0 Å². The van der Waals surface area contributed by atoms with Crippen LogP contribution in [0.1, 0.15) is 23.8 Å². The fourth-order valence-corrected chi connectivity index (χ4v) is 4.00. The first kappa shape index (κ1) is 18.5. The van der Waals surface area contributed by atoms with Crippen molar-refractivity contribution in [3.63, 3.8) is 0 Å². The van der Waals surface area contributed by atoms with Gasteiger partial charge in [0.2, 0.25) is 0 Å². The smallest absolute Gasteiger partial charge is 0.326 e. The number of hydrogen-bond donors (Lipinski definition) is 1. The lowest BCUT2D eigenvalue weighted by Crippen LogP contribution is -2.26. The molecule has 1 N–H and O–H groups in total. The Kier molecular flexibility index (Phi) is 6.00. The number of aromatic amines is 1. The van der Waals surface area contributed by atoms with Gasteiger partial charge in [0.15, 0.2) is 4.77 Å². The third-order valence-corrected chi connectivity index (χ3v) is 5.59. The maximum Gasteiger partial charge on any atom is 0.326 e. The van der Waals surface area contributed by atoms with Gasteiger partial charge in [0, 0.05) is 4.88 Å². The van der Waals surface area contributed by atoms with Crippen LogP contribution in [0.2, 0.25) is 0 Å². The Morgan fingerprint density at radius 2 is 2.08 bits per heavy atom. The van der Waals surface area contributed by atoms with Crippen LogP contribution >= 0.6 is 23.6 Å². The van der Waals surface area contributed by atoms with Crippen LogP contribution in [0, 0.1) is 4.77 Å². The Balaban J connectivity index is 1.62. The van der Waals surface area contributed by atoms with Crippen molar-refractivity contribution < 1.29 is 9.53 Å². The number of H-pyrrole nitrogens is 1. The van der Waals surface area contributed by atoms with Crippen LogP contribution in [-0.4, -0.2) is 22.1 Å². The number of ether oxygens (including phenoxy) is 1. The highest BCUT2D eigenvalue weighted by atomic mass is 32.1. The minimum absolute atomic E-state index is 0.174. The predicted octanol–water partition coefficient (Wildman–Crippen LogP) is 3.86. The Bertz CT molecular complexity index is 1020. The number of benzene rings is 1. The molecule has 0 atom stereocenters. The van der Waals surface area contributed by atoms with Gasteiger partial charge in [-0.15, -0.1) is 11.3 Å². The van der Waals surface area contributed by atoms with Gasteiger partial charge in [-0.05, 0) is 43.1 Å². The predicted molar refractivity (Wildman–Crippen MR) is 106 cm³/mol. The Hall–Kier alpha value is -2.25. The number of rotatable bonds is 7. The average molecular weight is 389 g/mol. The molecule has 0 saturated carbocycles. The molecule has 0 saturated heterocycles. The fourth-order valence-electron chi connectivity index (χ4n) is 2.70. The number of aryl methyl sites for hydroxylation is 2. The van der Waals surface area contributed by atoms with E-state index in [-0.39, 0.29) is 16.9 Å². The molecule has 1 aromatic carbocycles. The Morgan fingerprint density at radius 3 is 2.81 bits per heavy atom. The zero-order valence-corrected chi connectivity index (χ0v) is 16.1. The summed E-state index contributed by atoms with van der Waals surface area (Å²) < 4.78 is 6.77. The van der Waals surface area contributed by atoms with Gasteiger partial charge in [0.05, 0.1) is 12.0 Å². The van der Waals surface area contributed by atoms with Gasteiger partial charge in [-0.1, -0.05) is 37.3 Å². The number of carbonyl (C=O) groups excluding carboxylic acids is 1. The van der Waals surface area contributed by atoms with Crippen molar-refractivity contribution in [3.05, 3.63) is 62.0 Å². The minimum Gasteiger partial charge on any atom is -0.464 e. The normalized spacial score (nSPS) is 11.0. The maximum atomic E-state index is 12.6. The molecule has 0 aliphatic heterocycles. The van der Waals surface area contributed by atoms with E-state index in [2.05, 4.69) is 4.98 Å². The van der Waals surface area contributed by atoms with Crippen LogP contribution in [0.5, 0.6) is 0 Å². The van der Waals surface area contributed by atoms with Crippen LogP contribution < -0.4 is 5.56 Å². The van der Waals surface area contributed by atoms with Gasteiger partial charge in [-0.25, -0.2) is 0 Å². The molecule has 7 heteroatoms. The first-order chi connectivity index (χ1) is 12.6. The first-order valence-corrected chi connectivity index (χ1v) is 9.76. The summed E-state index contributed by atoms with van der Waals surface area (Å²) in [6.07, 6.45) is 2.43. The van der Waals surface area contributed by atoms with Crippen LogP contribution in [-0.2, 0) is 28.9 Å². The third kappa shape index (κ3) is 4.28. The van der Waals surface area contributed by atoms with Crippen molar-refractivity contribution in [2.45, 2.75) is 32.7 Å². The quantitative estimate of drug-likeness (QED) is 0.379. The van der Waals surface area contributed by atoms with Gasteiger partial charge in [-0.2, -0.15) is 0 Å². The second kappa shape index (κ2) is 8.42. The van der Waals surface area contributed by atoms with E-state index in [9.17, 15) is 9.59 Å². The summed E-state index contributed by atoms with van der Waals surface area (Å²) in [5, 5.41) is 0.567. The molecule has 0 amide bonds. The molecule has 136 valence electrons. The second-order valence-corrected chi connectivity index (χ2v) is 7.46. The Labute approximate surface area is 160 Å². The molecule has 0 aliphatic carbocycles. The summed E-state index contributed by atoms with van der Waals surface area (Å²) in [6.45, 7) is 2.18. The zero-order valence-electron chi connectivity index (χ0n) is 14.5. The fraction of sp³-hybridized carbons (Fsp3) is 0.316. The van der Waals surface area contributed by atoms with E-state index in [0.29, 0.717) is 12.0 Å². The summed E-state index contributed by atoms with van der Waals surface area (Å²) in [5.74, 6) is -0.454. The zero-order chi connectivity index (χ0) is 18.5. The highest BCUT2D eigenvalue weighted by molar-refractivity contribution is 7.71. The van der Waals surface area contributed by atoms with Crippen molar-refractivity contribution in [1.82, 2.24) is 9.55 Å². The minimum atomic E-state index is -0.454. The summed E-state index contributed by atoms with van der Waals surface area (Å²) in [6, 6.07) is 11.9. The molecule has 0 radical (unpaired) electrons. The summed E-state index contributed by atoms with van der Waals surface area (Å²) in [7, 11) is 0. The van der Waals surface area contributed by atoms with Crippen molar-refractivity contribution >= 4 is 39.7 Å². The molecule has 3 aromatic rings. The van der Waals surface area contributed by atoms with Crippen molar-refractivity contribution in [2.75, 3.05) is 6.61 Å². The number of nitrogens with zero attached hydrogens (tertiary/aromatic N) is 1. The summed E-state index contributed by atoms with van der Waals surface area (Å²) >= 11 is 6.75. The number of hydrogen-bond acceptors (Lipinski definition) is 5. The van der Waals surface area contributed by atoms with Crippen LogP contribution in [0.4, 0.5) is 0 Å². The number of carbonyl (C=O) groups is 1. The average Bonchev–Trinajstić information content (AvgIpc) is 3.06. The van der Waals surface area contributed by atoms with E-state index in [1.807, 2.05) is 43.3 Å². The molecule has 0 unspecified atom stereocenters. The highest BCUT2D eigenvalue weighted by Gasteiger charge is 2.12. The van der Waals surface area contributed by atoms with Crippen molar-refractivity contribution in [2.24, 2.45) is 0 Å². The standard InChI is InChI=1S/C19H20N2O3S2/c1-2-14-11-15-17(26-14)20-19(25)21(18(15)23)12-16(22)24-10-6-9-13-7-4-3-5-8-13/h3-5,7-8,11H,2,6,9-10,12H2,1H3,(H,20,25). The topological polar surface area (TPSA) is 64.1 Å². The van der Waals surface area contributed by atoms with Gasteiger partial charge < -0.3 is 9.72 Å². The lowest BCUT2D eigenvalue weighted by atomic mass is 10.1. The van der Waals surface area contributed by atoms with Crippen molar-refractivity contribution in [3.8, 4) is 0 Å². The largest absolute Gasteiger partial charge is 0.464 e. The van der Waals surface area contributed by atoms with Gasteiger partial charge >= 0.3 is 5.97 Å². The van der Waals surface area contributed by atoms with E-state index < -0.39 is 5.97 Å². The number of esters is 1. The lowest BCUT2D eigenvalue weighted by Gasteiger charge is -2.07. The summed E-state index contributed by atoms with van der Waals surface area (Å²) in [4.78, 5) is 29.6. The van der Waals surface area contributed by atoms with Gasteiger partial charge in [0.25, 0.3) is 5.56 Å². The number of thiophene rings is 1. The first-order valence-electron chi connectivity index (χ1n) is 8.53. The van der Waals surface area contributed by atoms with Gasteiger partial charge in [-0.3, -0.25) is 14.2 Å². The molecule has 3 rings (SSSR count). The van der Waals surface area contributed by atoms with Crippen LogP contribution in [0.3, 0.4) is 0 Å². The van der Waals surface area contributed by atoms with Crippen molar-refractivity contribution in [1.29, 1.82) is 0 Å². The molecule has 0 fully saturated rings. The Morgan fingerprint density at radius 1 is 1.31 bits per heavy atom. The monoisotopic (exact) mass is 388 g/mol. The molecule has 0 spiro atoms. The SMILES string of the molecule is CCc1cc2c(=O)n(CC(=O)OCCCc3ccccc3)c(=S)[nH]c2s1. The number of fused-ring (bicyclic) bond motifs is 1. The maximum absolute atomic E-state index is 12.6. The number of nitrogens with one attached hydrogen (secondary N) is 1. The van der Waals surface area contributed by atoms with Gasteiger partial charge in [0.1, 0.15) is 11.4 Å². The van der Waals surface area contributed by atoms with E-state index in [4.69, 9.17) is 17.0 Å². The van der Waals surface area contributed by atoms with E-state index in [1.165, 1.54) is 21.5 Å².